The molecule has 2 aromatic heterocycles. The number of hydrogen-bond donors (Lipinski definition) is 1. The first kappa shape index (κ1) is 23.1. The molecule has 1 amide bonds. The topological polar surface area (TPSA) is 72.5 Å². The predicted molar refractivity (Wildman–Crippen MR) is 132 cm³/mol. The first-order valence-electron chi connectivity index (χ1n) is 12.1. The molecule has 0 saturated carbocycles. The molecule has 0 radical (unpaired) electrons. The number of piperazine rings is 1. The minimum atomic E-state index is -0.302. The summed E-state index contributed by atoms with van der Waals surface area (Å²) >= 11 is 1.43. The summed E-state index contributed by atoms with van der Waals surface area (Å²) in [6.07, 6.45) is 4.68. The lowest BCUT2D eigenvalue weighted by atomic mass is 10.1. The molecule has 4 heterocycles. The van der Waals surface area contributed by atoms with Crippen LogP contribution in [0.3, 0.4) is 0 Å². The van der Waals surface area contributed by atoms with Crippen LogP contribution in [-0.4, -0.2) is 76.4 Å². The van der Waals surface area contributed by atoms with Gasteiger partial charge < -0.3 is 9.88 Å². The second-order valence-electron chi connectivity index (χ2n) is 9.20. The largest absolute Gasteiger partial charge is 0.342 e. The van der Waals surface area contributed by atoms with Gasteiger partial charge in [-0.3, -0.25) is 19.4 Å². The van der Waals surface area contributed by atoms with Gasteiger partial charge in [0.05, 0.1) is 18.5 Å². The van der Waals surface area contributed by atoms with Crippen molar-refractivity contribution in [3.8, 4) is 11.1 Å². The number of hydrogen-bond acceptors (Lipinski definition) is 6. The van der Waals surface area contributed by atoms with Crippen molar-refractivity contribution in [1.29, 1.82) is 0 Å². The van der Waals surface area contributed by atoms with Gasteiger partial charge in [0.15, 0.2) is 0 Å². The molecule has 1 aromatic carbocycles. The lowest BCUT2D eigenvalue weighted by Crippen LogP contribution is -2.50. The molecule has 9 heteroatoms. The number of aromatic nitrogens is 2. The number of amides is 1. The number of benzene rings is 1. The van der Waals surface area contributed by atoms with Crippen molar-refractivity contribution >= 4 is 27.5 Å². The zero-order chi connectivity index (χ0) is 23.5. The third-order valence-electron chi connectivity index (χ3n) is 6.80. The minimum Gasteiger partial charge on any atom is -0.342 e. The third kappa shape index (κ3) is 5.21. The van der Waals surface area contributed by atoms with Gasteiger partial charge in [-0.25, -0.2) is 9.37 Å². The van der Waals surface area contributed by atoms with Crippen molar-refractivity contribution in [2.24, 2.45) is 0 Å². The van der Waals surface area contributed by atoms with E-state index >= 15 is 0 Å². The number of carbonyl (C=O) groups is 1. The Balaban J connectivity index is 1.20. The average molecular weight is 484 g/mol. The fourth-order valence-electron chi connectivity index (χ4n) is 4.84. The number of rotatable bonds is 5. The number of fused-ring (bicyclic) bond motifs is 1. The van der Waals surface area contributed by atoms with Gasteiger partial charge in [-0.05, 0) is 30.5 Å². The SMILES string of the molecule is O=C(CN1CCN(Cc2nc3scc(-c4ccc(F)cc4)c3c(=O)[nH]2)CC1)N1CCCCCC1. The first-order valence-corrected chi connectivity index (χ1v) is 12.9. The number of aromatic amines is 1. The van der Waals surface area contributed by atoms with Gasteiger partial charge in [0, 0.05) is 50.2 Å². The molecule has 5 rings (SSSR count). The molecule has 0 aliphatic carbocycles. The molecule has 34 heavy (non-hydrogen) atoms. The maximum absolute atomic E-state index is 13.3. The van der Waals surface area contributed by atoms with Gasteiger partial charge in [-0.15, -0.1) is 11.3 Å². The van der Waals surface area contributed by atoms with Crippen molar-refractivity contribution in [3.63, 3.8) is 0 Å². The molecule has 2 saturated heterocycles. The Labute approximate surface area is 202 Å². The standard InChI is InChI=1S/C25H30FN5O2S/c26-19-7-5-18(6-8-19)20-17-34-25-23(20)24(33)27-21(28-25)15-29-11-13-30(14-12-29)16-22(32)31-9-3-1-2-4-10-31/h5-8,17H,1-4,9-16H2,(H,27,28,33). The van der Waals surface area contributed by atoms with E-state index in [-0.39, 0.29) is 17.3 Å². The maximum atomic E-state index is 13.3. The van der Waals surface area contributed by atoms with Crippen LogP contribution in [0.15, 0.2) is 34.4 Å². The van der Waals surface area contributed by atoms with E-state index in [4.69, 9.17) is 4.98 Å². The Morgan fingerprint density at radius 3 is 2.35 bits per heavy atom. The van der Waals surface area contributed by atoms with Gasteiger partial charge in [-0.1, -0.05) is 25.0 Å². The molecule has 0 atom stereocenters. The van der Waals surface area contributed by atoms with Gasteiger partial charge >= 0.3 is 0 Å². The summed E-state index contributed by atoms with van der Waals surface area (Å²) in [5, 5.41) is 2.46. The molecule has 0 unspecified atom stereocenters. The fourth-order valence-corrected chi connectivity index (χ4v) is 5.81. The molecule has 7 nitrogen and oxygen atoms in total. The van der Waals surface area contributed by atoms with Crippen molar-refractivity contribution < 1.29 is 9.18 Å². The Kier molecular flexibility index (Phi) is 7.03. The average Bonchev–Trinajstić information content (AvgIpc) is 3.07. The predicted octanol–water partition coefficient (Wildman–Crippen LogP) is 3.31. The molecule has 3 aromatic rings. The number of nitrogens with one attached hydrogen (secondary N) is 1. The number of thiophene rings is 1. The number of nitrogens with zero attached hydrogens (tertiary/aromatic N) is 4. The highest BCUT2D eigenvalue weighted by atomic mass is 32.1. The van der Waals surface area contributed by atoms with E-state index in [2.05, 4.69) is 14.8 Å². The van der Waals surface area contributed by atoms with Crippen LogP contribution in [-0.2, 0) is 11.3 Å². The highest BCUT2D eigenvalue weighted by Crippen LogP contribution is 2.30. The molecule has 0 spiro atoms. The summed E-state index contributed by atoms with van der Waals surface area (Å²) in [6.45, 7) is 6.19. The molecule has 2 aliphatic heterocycles. The molecule has 2 aliphatic rings. The van der Waals surface area contributed by atoms with Crippen LogP contribution in [0, 0.1) is 5.82 Å². The zero-order valence-electron chi connectivity index (χ0n) is 19.3. The van der Waals surface area contributed by atoms with Crippen LogP contribution in [0.5, 0.6) is 0 Å². The van der Waals surface area contributed by atoms with E-state index in [1.54, 1.807) is 12.1 Å². The zero-order valence-corrected chi connectivity index (χ0v) is 20.1. The summed E-state index contributed by atoms with van der Waals surface area (Å²) < 4.78 is 13.3. The number of H-pyrrole nitrogens is 1. The number of likely N-dealkylation sites (tertiary alicyclic amines) is 1. The van der Waals surface area contributed by atoms with Crippen molar-refractivity contribution in [3.05, 3.63) is 51.6 Å². The fraction of sp³-hybridized carbons (Fsp3) is 0.480. The summed E-state index contributed by atoms with van der Waals surface area (Å²) in [6, 6.07) is 6.16. The van der Waals surface area contributed by atoms with Crippen LogP contribution < -0.4 is 5.56 Å². The van der Waals surface area contributed by atoms with Crippen LogP contribution in [0.1, 0.15) is 31.5 Å². The van der Waals surface area contributed by atoms with E-state index in [9.17, 15) is 14.0 Å². The van der Waals surface area contributed by atoms with E-state index in [1.165, 1.54) is 36.3 Å². The molecule has 180 valence electrons. The molecule has 0 bridgehead atoms. The highest BCUT2D eigenvalue weighted by Gasteiger charge is 2.23. The monoisotopic (exact) mass is 483 g/mol. The second-order valence-corrected chi connectivity index (χ2v) is 10.1. The van der Waals surface area contributed by atoms with E-state index in [0.717, 1.165) is 63.2 Å². The number of halogens is 1. The normalized spacial score (nSPS) is 18.3. The van der Waals surface area contributed by atoms with Crippen molar-refractivity contribution in [1.82, 2.24) is 24.7 Å². The minimum absolute atomic E-state index is 0.165. The highest BCUT2D eigenvalue weighted by molar-refractivity contribution is 7.17. The number of carbonyl (C=O) groups excluding carboxylic acids is 1. The van der Waals surface area contributed by atoms with Crippen LogP contribution in [0.2, 0.25) is 0 Å². The quantitative estimate of drug-likeness (QED) is 0.603. The second kappa shape index (κ2) is 10.3. The molecular weight excluding hydrogens is 453 g/mol. The lowest BCUT2D eigenvalue weighted by molar-refractivity contribution is -0.132. The lowest BCUT2D eigenvalue weighted by Gasteiger charge is -2.35. The molecule has 2 fully saturated rings. The van der Waals surface area contributed by atoms with Crippen LogP contribution >= 0.6 is 11.3 Å². The van der Waals surface area contributed by atoms with Crippen LogP contribution in [0.25, 0.3) is 21.3 Å². The first-order chi connectivity index (χ1) is 16.6. The van der Waals surface area contributed by atoms with Gasteiger partial charge in [0.25, 0.3) is 5.56 Å². The summed E-state index contributed by atoms with van der Waals surface area (Å²) in [5.41, 5.74) is 1.42. The van der Waals surface area contributed by atoms with Gasteiger partial charge in [-0.2, -0.15) is 0 Å². The van der Waals surface area contributed by atoms with Crippen molar-refractivity contribution in [2.75, 3.05) is 45.8 Å². The van der Waals surface area contributed by atoms with E-state index < -0.39 is 0 Å². The Morgan fingerprint density at radius 1 is 0.971 bits per heavy atom. The maximum Gasteiger partial charge on any atom is 0.260 e. The Morgan fingerprint density at radius 2 is 1.65 bits per heavy atom. The molecule has 1 N–H and O–H groups in total. The molecular formula is C25H30FN5O2S. The summed E-state index contributed by atoms with van der Waals surface area (Å²) in [4.78, 5) is 40.4. The summed E-state index contributed by atoms with van der Waals surface area (Å²) in [5.74, 6) is 0.601. The van der Waals surface area contributed by atoms with Gasteiger partial charge in [0.2, 0.25) is 5.91 Å². The van der Waals surface area contributed by atoms with Crippen molar-refractivity contribution in [2.45, 2.75) is 32.2 Å². The van der Waals surface area contributed by atoms with E-state index in [1.807, 2.05) is 10.3 Å². The van der Waals surface area contributed by atoms with Crippen LogP contribution in [0.4, 0.5) is 4.39 Å². The van der Waals surface area contributed by atoms with Gasteiger partial charge in [0.1, 0.15) is 16.5 Å². The Bertz CT molecular complexity index is 1190. The van der Waals surface area contributed by atoms with E-state index in [0.29, 0.717) is 29.1 Å². The Hall–Kier alpha value is -2.62. The third-order valence-corrected chi connectivity index (χ3v) is 7.68. The summed E-state index contributed by atoms with van der Waals surface area (Å²) in [7, 11) is 0. The smallest absolute Gasteiger partial charge is 0.260 e.